The molecule has 1 amide bonds. The molecule has 3 N–H and O–H groups in total. The lowest BCUT2D eigenvalue weighted by molar-refractivity contribution is -0.122. The van der Waals surface area contributed by atoms with Crippen molar-refractivity contribution in [3.05, 3.63) is 66.0 Å². The summed E-state index contributed by atoms with van der Waals surface area (Å²) in [4.78, 5) is 15.8. The monoisotopic (exact) mass is 241 g/mol. The molecule has 2 rings (SSSR count). The van der Waals surface area contributed by atoms with Gasteiger partial charge in [0.2, 0.25) is 5.91 Å². The van der Waals surface area contributed by atoms with Crippen LogP contribution in [0.4, 0.5) is 0 Å². The molecule has 4 nitrogen and oxygen atoms in total. The maximum absolute atomic E-state index is 11.9. The van der Waals surface area contributed by atoms with Crippen molar-refractivity contribution in [1.29, 1.82) is 0 Å². The van der Waals surface area contributed by atoms with Gasteiger partial charge in [-0.15, -0.1) is 0 Å². The Bertz CT molecular complexity index is 499. The van der Waals surface area contributed by atoms with Crippen LogP contribution in [0, 0.1) is 0 Å². The summed E-state index contributed by atoms with van der Waals surface area (Å²) in [5.74, 6) is -0.182. The van der Waals surface area contributed by atoms with Crippen LogP contribution in [0.25, 0.3) is 0 Å². The van der Waals surface area contributed by atoms with Crippen molar-refractivity contribution in [2.45, 2.75) is 12.6 Å². The predicted molar refractivity (Wildman–Crippen MR) is 69.5 cm³/mol. The third kappa shape index (κ3) is 3.15. The normalized spacial score (nSPS) is 11.8. The Kier molecular flexibility index (Phi) is 4.04. The van der Waals surface area contributed by atoms with E-state index in [1.54, 1.807) is 12.4 Å². The number of nitrogens with two attached hydrogens (primary N) is 1. The Morgan fingerprint density at radius 2 is 1.83 bits per heavy atom. The van der Waals surface area contributed by atoms with E-state index in [-0.39, 0.29) is 5.91 Å². The zero-order valence-corrected chi connectivity index (χ0v) is 9.91. The third-order valence-electron chi connectivity index (χ3n) is 2.66. The van der Waals surface area contributed by atoms with E-state index in [0.29, 0.717) is 6.54 Å². The van der Waals surface area contributed by atoms with Crippen molar-refractivity contribution in [3.63, 3.8) is 0 Å². The fraction of sp³-hybridized carbons (Fsp3) is 0.143. The van der Waals surface area contributed by atoms with Crippen LogP contribution in [-0.2, 0) is 11.3 Å². The quantitative estimate of drug-likeness (QED) is 0.850. The van der Waals surface area contributed by atoms with Crippen molar-refractivity contribution in [2.75, 3.05) is 0 Å². The van der Waals surface area contributed by atoms with Crippen molar-refractivity contribution in [3.8, 4) is 0 Å². The van der Waals surface area contributed by atoms with Gasteiger partial charge in [0.15, 0.2) is 0 Å². The fourth-order valence-electron chi connectivity index (χ4n) is 1.61. The number of carbonyl (C=O) groups is 1. The summed E-state index contributed by atoms with van der Waals surface area (Å²) in [5.41, 5.74) is 7.69. The van der Waals surface area contributed by atoms with Gasteiger partial charge in [-0.3, -0.25) is 9.78 Å². The van der Waals surface area contributed by atoms with E-state index in [2.05, 4.69) is 10.3 Å². The number of amides is 1. The molecule has 0 fully saturated rings. The smallest absolute Gasteiger partial charge is 0.241 e. The first-order valence-corrected chi connectivity index (χ1v) is 5.74. The van der Waals surface area contributed by atoms with Gasteiger partial charge in [-0.2, -0.15) is 0 Å². The van der Waals surface area contributed by atoms with Crippen molar-refractivity contribution < 1.29 is 4.79 Å². The summed E-state index contributed by atoms with van der Waals surface area (Å²) in [6.07, 6.45) is 3.39. The fourth-order valence-corrected chi connectivity index (χ4v) is 1.61. The first-order chi connectivity index (χ1) is 8.77. The van der Waals surface area contributed by atoms with Crippen LogP contribution in [-0.4, -0.2) is 10.9 Å². The number of hydrogen-bond acceptors (Lipinski definition) is 3. The Morgan fingerprint density at radius 3 is 2.50 bits per heavy atom. The van der Waals surface area contributed by atoms with Gasteiger partial charge in [-0.1, -0.05) is 30.3 Å². The number of nitrogens with zero attached hydrogens (tertiary/aromatic N) is 1. The van der Waals surface area contributed by atoms with Crippen LogP contribution >= 0.6 is 0 Å². The highest BCUT2D eigenvalue weighted by Gasteiger charge is 2.14. The molecule has 0 aliphatic heterocycles. The Labute approximate surface area is 106 Å². The first kappa shape index (κ1) is 12.3. The molecular formula is C14H15N3O. The predicted octanol–water partition coefficient (Wildman–Crippen LogP) is 1.40. The summed E-state index contributed by atoms with van der Waals surface area (Å²) >= 11 is 0. The molecule has 2 aromatic rings. The molecule has 0 aliphatic carbocycles. The zero-order chi connectivity index (χ0) is 12.8. The molecule has 1 aromatic carbocycles. The second-order valence-corrected chi connectivity index (χ2v) is 3.96. The third-order valence-corrected chi connectivity index (χ3v) is 2.66. The summed E-state index contributed by atoms with van der Waals surface area (Å²) in [5, 5.41) is 2.81. The molecule has 0 spiro atoms. The van der Waals surface area contributed by atoms with Gasteiger partial charge < -0.3 is 11.1 Å². The second-order valence-electron chi connectivity index (χ2n) is 3.96. The second kappa shape index (κ2) is 5.93. The average Bonchev–Trinajstić information content (AvgIpc) is 2.46. The molecule has 92 valence electrons. The van der Waals surface area contributed by atoms with Crippen LogP contribution < -0.4 is 11.1 Å². The SMILES string of the molecule is NC(C(=O)NCc1ccncc1)c1ccccc1. The number of benzene rings is 1. The van der Waals surface area contributed by atoms with Crippen molar-refractivity contribution in [2.24, 2.45) is 5.73 Å². The van der Waals surface area contributed by atoms with E-state index < -0.39 is 6.04 Å². The minimum atomic E-state index is -0.631. The van der Waals surface area contributed by atoms with Gasteiger partial charge in [0.05, 0.1) is 0 Å². The molecule has 4 heteroatoms. The van der Waals surface area contributed by atoms with Gasteiger partial charge >= 0.3 is 0 Å². The van der Waals surface area contributed by atoms with Crippen LogP contribution in [0.2, 0.25) is 0 Å². The molecule has 0 saturated carbocycles. The number of carbonyl (C=O) groups excluding carboxylic acids is 1. The summed E-state index contributed by atoms with van der Waals surface area (Å²) in [6, 6.07) is 12.4. The highest BCUT2D eigenvalue weighted by Crippen LogP contribution is 2.09. The molecule has 0 bridgehead atoms. The number of rotatable bonds is 4. The lowest BCUT2D eigenvalue weighted by atomic mass is 10.1. The van der Waals surface area contributed by atoms with Crippen LogP contribution in [0.1, 0.15) is 17.2 Å². The van der Waals surface area contributed by atoms with Crippen molar-refractivity contribution in [1.82, 2.24) is 10.3 Å². The molecule has 1 unspecified atom stereocenters. The van der Waals surface area contributed by atoms with Gasteiger partial charge in [0, 0.05) is 18.9 Å². The number of hydrogen-bond donors (Lipinski definition) is 2. The number of pyridine rings is 1. The lowest BCUT2D eigenvalue weighted by Gasteiger charge is -2.12. The van der Waals surface area contributed by atoms with E-state index in [1.165, 1.54) is 0 Å². The standard InChI is InChI=1S/C14H15N3O/c15-13(12-4-2-1-3-5-12)14(18)17-10-11-6-8-16-9-7-11/h1-9,13H,10,15H2,(H,17,18). The molecule has 1 atom stereocenters. The van der Waals surface area contributed by atoms with Gasteiger partial charge in [0.1, 0.15) is 6.04 Å². The Hall–Kier alpha value is -2.20. The summed E-state index contributed by atoms with van der Waals surface area (Å²) in [7, 11) is 0. The molecular weight excluding hydrogens is 226 g/mol. The Morgan fingerprint density at radius 1 is 1.17 bits per heavy atom. The lowest BCUT2D eigenvalue weighted by Crippen LogP contribution is -2.33. The zero-order valence-electron chi connectivity index (χ0n) is 9.91. The molecule has 0 radical (unpaired) electrons. The highest BCUT2D eigenvalue weighted by molar-refractivity contribution is 5.82. The maximum atomic E-state index is 11.9. The molecule has 18 heavy (non-hydrogen) atoms. The topological polar surface area (TPSA) is 68.0 Å². The average molecular weight is 241 g/mol. The van der Waals surface area contributed by atoms with Gasteiger partial charge in [-0.25, -0.2) is 0 Å². The Balaban J connectivity index is 1.93. The van der Waals surface area contributed by atoms with E-state index in [1.807, 2.05) is 42.5 Å². The molecule has 1 aromatic heterocycles. The van der Waals surface area contributed by atoms with E-state index in [0.717, 1.165) is 11.1 Å². The maximum Gasteiger partial charge on any atom is 0.241 e. The minimum absolute atomic E-state index is 0.182. The number of aromatic nitrogens is 1. The van der Waals surface area contributed by atoms with Crippen molar-refractivity contribution >= 4 is 5.91 Å². The van der Waals surface area contributed by atoms with Crippen LogP contribution in [0.5, 0.6) is 0 Å². The summed E-state index contributed by atoms with van der Waals surface area (Å²) in [6.45, 7) is 0.460. The molecule has 0 saturated heterocycles. The minimum Gasteiger partial charge on any atom is -0.350 e. The highest BCUT2D eigenvalue weighted by atomic mass is 16.2. The number of nitrogens with one attached hydrogen (secondary N) is 1. The molecule has 0 aliphatic rings. The van der Waals surface area contributed by atoms with Gasteiger partial charge in [0.25, 0.3) is 0 Å². The largest absolute Gasteiger partial charge is 0.350 e. The van der Waals surface area contributed by atoms with Crippen LogP contribution in [0.3, 0.4) is 0 Å². The van der Waals surface area contributed by atoms with Gasteiger partial charge in [-0.05, 0) is 23.3 Å². The van der Waals surface area contributed by atoms with E-state index >= 15 is 0 Å². The van der Waals surface area contributed by atoms with E-state index in [4.69, 9.17) is 5.73 Å². The van der Waals surface area contributed by atoms with E-state index in [9.17, 15) is 4.79 Å². The first-order valence-electron chi connectivity index (χ1n) is 5.74. The molecule has 1 heterocycles. The van der Waals surface area contributed by atoms with Crippen LogP contribution in [0.15, 0.2) is 54.9 Å². The summed E-state index contributed by atoms with van der Waals surface area (Å²) < 4.78 is 0.